The Morgan fingerprint density at radius 3 is 2.58 bits per heavy atom. The standard InChI is InChI=1S/C23H17BrINO7/c1-33-16-5-8(4-14(25)21(16)29)17-9-2-3-10-18(23(31)26(32)22(10)30)11(9)6-12-19(17)15(27)7-13(24)20(12)28/h2,4-5,7,10-11,17-18,29,32H,3,6H2,1H3/t10-,11+,17-,18-/m0/s1. The zero-order valence-electron chi connectivity index (χ0n) is 17.2. The van der Waals surface area contributed by atoms with E-state index in [1.54, 1.807) is 12.1 Å². The van der Waals surface area contributed by atoms with Gasteiger partial charge in [-0.2, -0.15) is 5.06 Å². The van der Waals surface area contributed by atoms with E-state index >= 15 is 0 Å². The lowest BCUT2D eigenvalue weighted by atomic mass is 9.59. The highest BCUT2D eigenvalue weighted by Gasteiger charge is 2.56. The number of methoxy groups -OCH3 is 1. The maximum Gasteiger partial charge on any atom is 0.257 e. The van der Waals surface area contributed by atoms with Crippen molar-refractivity contribution in [3.63, 3.8) is 0 Å². The van der Waals surface area contributed by atoms with Crippen LogP contribution in [0.4, 0.5) is 0 Å². The van der Waals surface area contributed by atoms with Crippen LogP contribution in [0.2, 0.25) is 0 Å². The highest BCUT2D eigenvalue weighted by atomic mass is 127. The van der Waals surface area contributed by atoms with Crippen LogP contribution >= 0.6 is 38.5 Å². The number of carbonyl (C=O) groups excluding carboxylic acids is 4. The van der Waals surface area contributed by atoms with Crippen LogP contribution in [-0.2, 0) is 19.2 Å². The van der Waals surface area contributed by atoms with Crippen molar-refractivity contribution >= 4 is 61.9 Å². The topological polar surface area (TPSA) is 121 Å². The number of rotatable bonds is 2. The molecular weight excluding hydrogens is 609 g/mol. The van der Waals surface area contributed by atoms with Crippen molar-refractivity contribution in [3.8, 4) is 11.5 Å². The monoisotopic (exact) mass is 625 g/mol. The molecule has 1 fully saturated rings. The number of carbonyl (C=O) groups is 4. The molecule has 33 heavy (non-hydrogen) atoms. The van der Waals surface area contributed by atoms with Crippen LogP contribution in [0.1, 0.15) is 24.3 Å². The fourth-order valence-electron chi connectivity index (χ4n) is 5.49. The van der Waals surface area contributed by atoms with E-state index in [-0.39, 0.29) is 45.5 Å². The second-order valence-corrected chi connectivity index (χ2v) is 10.5. The molecule has 0 spiro atoms. The van der Waals surface area contributed by atoms with Gasteiger partial charge in [-0.1, -0.05) is 11.6 Å². The first-order valence-corrected chi connectivity index (χ1v) is 12.0. The molecule has 3 aliphatic carbocycles. The first-order chi connectivity index (χ1) is 15.6. The van der Waals surface area contributed by atoms with Crippen molar-refractivity contribution < 1.29 is 34.2 Å². The van der Waals surface area contributed by atoms with Gasteiger partial charge in [-0.05, 0) is 75.0 Å². The van der Waals surface area contributed by atoms with Gasteiger partial charge in [-0.15, -0.1) is 0 Å². The van der Waals surface area contributed by atoms with Gasteiger partial charge in [0, 0.05) is 23.1 Å². The van der Waals surface area contributed by atoms with E-state index < -0.39 is 35.5 Å². The lowest BCUT2D eigenvalue weighted by Gasteiger charge is -2.42. The number of Topliss-reactive ketones (excluding diaryl/α,β-unsaturated/α-hetero) is 1. The summed E-state index contributed by atoms with van der Waals surface area (Å²) < 4.78 is 5.95. The number of halogens is 2. The molecule has 0 bridgehead atoms. The lowest BCUT2D eigenvalue weighted by Crippen LogP contribution is -2.39. The van der Waals surface area contributed by atoms with E-state index in [1.807, 2.05) is 28.7 Å². The van der Waals surface area contributed by atoms with Gasteiger partial charge in [-0.3, -0.25) is 24.4 Å². The van der Waals surface area contributed by atoms with Crippen LogP contribution < -0.4 is 4.74 Å². The summed E-state index contributed by atoms with van der Waals surface area (Å²) in [4.78, 5) is 51.5. The van der Waals surface area contributed by atoms with Crippen LogP contribution in [0.15, 0.2) is 45.5 Å². The number of hydrogen-bond acceptors (Lipinski definition) is 7. The fourth-order valence-corrected chi connectivity index (χ4v) is 6.56. The number of benzene rings is 1. The molecule has 0 aromatic heterocycles. The number of fused-ring (bicyclic) bond motifs is 3. The minimum Gasteiger partial charge on any atom is -0.504 e. The Labute approximate surface area is 210 Å². The van der Waals surface area contributed by atoms with Crippen LogP contribution in [0.3, 0.4) is 0 Å². The quantitative estimate of drug-likeness (QED) is 0.170. The maximum absolute atomic E-state index is 13.1. The number of aromatic hydroxyl groups is 1. The predicted molar refractivity (Wildman–Crippen MR) is 126 cm³/mol. The van der Waals surface area contributed by atoms with Crippen LogP contribution in [0, 0.1) is 21.3 Å². The van der Waals surface area contributed by atoms with Gasteiger partial charge in [-0.25, -0.2) is 0 Å². The summed E-state index contributed by atoms with van der Waals surface area (Å²) in [7, 11) is 1.42. The number of amides is 2. The Morgan fingerprint density at radius 1 is 1.15 bits per heavy atom. The van der Waals surface area contributed by atoms with E-state index in [2.05, 4.69) is 15.9 Å². The van der Waals surface area contributed by atoms with E-state index in [0.717, 1.165) is 5.57 Å². The van der Waals surface area contributed by atoms with Crippen molar-refractivity contribution in [1.82, 2.24) is 5.06 Å². The Bertz CT molecular complexity index is 1260. The summed E-state index contributed by atoms with van der Waals surface area (Å²) in [5.41, 5.74) is 2.00. The lowest BCUT2D eigenvalue weighted by molar-refractivity contribution is -0.173. The minimum absolute atomic E-state index is 0.0396. The average molecular weight is 626 g/mol. The number of hydrogen-bond donors (Lipinski definition) is 2. The zero-order valence-corrected chi connectivity index (χ0v) is 20.9. The van der Waals surface area contributed by atoms with E-state index in [0.29, 0.717) is 20.3 Å². The van der Waals surface area contributed by atoms with Crippen molar-refractivity contribution in [1.29, 1.82) is 0 Å². The number of phenolic OH excluding ortho intramolecular Hbond substituents is 1. The Hall–Kier alpha value is -2.31. The smallest absolute Gasteiger partial charge is 0.257 e. The van der Waals surface area contributed by atoms with Gasteiger partial charge < -0.3 is 9.84 Å². The molecule has 0 unspecified atom stereocenters. The van der Waals surface area contributed by atoms with Gasteiger partial charge >= 0.3 is 0 Å². The summed E-state index contributed by atoms with van der Waals surface area (Å²) in [6.07, 6.45) is 3.46. The number of nitrogens with zero attached hydrogens (tertiary/aromatic N) is 1. The normalized spacial score (nSPS) is 28.9. The molecule has 1 aromatic carbocycles. The molecule has 0 radical (unpaired) electrons. The third-order valence-corrected chi connectivity index (χ3v) is 8.32. The minimum atomic E-state index is -0.815. The summed E-state index contributed by atoms with van der Waals surface area (Å²) >= 11 is 5.13. The second kappa shape index (κ2) is 7.88. The number of ether oxygens (including phenoxy) is 1. The first-order valence-electron chi connectivity index (χ1n) is 10.2. The molecule has 10 heteroatoms. The van der Waals surface area contributed by atoms with Crippen molar-refractivity contribution in [2.75, 3.05) is 7.11 Å². The highest BCUT2D eigenvalue weighted by molar-refractivity contribution is 14.1. The second-order valence-electron chi connectivity index (χ2n) is 8.44. The predicted octanol–water partition coefficient (Wildman–Crippen LogP) is 3.16. The third kappa shape index (κ3) is 3.17. The van der Waals surface area contributed by atoms with Gasteiger partial charge in [0.2, 0.25) is 0 Å². The zero-order chi connectivity index (χ0) is 23.8. The molecule has 8 nitrogen and oxygen atoms in total. The molecule has 1 aromatic rings. The van der Waals surface area contributed by atoms with Gasteiger partial charge in [0.15, 0.2) is 23.1 Å². The van der Waals surface area contributed by atoms with Gasteiger partial charge in [0.1, 0.15) is 0 Å². The molecule has 4 aliphatic rings. The van der Waals surface area contributed by atoms with Crippen LogP contribution in [0.5, 0.6) is 11.5 Å². The van der Waals surface area contributed by atoms with Crippen molar-refractivity contribution in [2.24, 2.45) is 17.8 Å². The number of phenols is 1. The molecule has 1 aliphatic heterocycles. The van der Waals surface area contributed by atoms with E-state index in [1.165, 1.54) is 13.2 Å². The molecule has 2 N–H and O–H groups in total. The maximum atomic E-state index is 13.1. The molecule has 5 rings (SSSR count). The largest absolute Gasteiger partial charge is 0.504 e. The summed E-state index contributed by atoms with van der Waals surface area (Å²) in [5, 5.41) is 20.5. The Balaban J connectivity index is 1.74. The van der Waals surface area contributed by atoms with Crippen molar-refractivity contribution in [3.05, 3.63) is 54.6 Å². The molecule has 1 heterocycles. The van der Waals surface area contributed by atoms with Crippen LogP contribution in [0.25, 0.3) is 0 Å². The first kappa shape index (κ1) is 22.5. The highest BCUT2D eigenvalue weighted by Crippen LogP contribution is 2.55. The summed E-state index contributed by atoms with van der Waals surface area (Å²) in [5.74, 6) is -4.53. The third-order valence-electron chi connectivity index (χ3n) is 6.91. The fraction of sp³-hybridized carbons (Fsp3) is 0.304. The SMILES string of the molecule is COc1cc([C@H]2C3=CC[C@@H]4C(=O)N(O)C(=O)[C@@H]4[C@@H]3CC3=C2C(=O)C=C(Br)C3=O)cc(I)c1O. The number of imide groups is 1. The molecular formula is C23H17BrINO7. The van der Waals surface area contributed by atoms with Crippen molar-refractivity contribution in [2.45, 2.75) is 18.8 Å². The Morgan fingerprint density at radius 2 is 1.88 bits per heavy atom. The Kier molecular flexibility index (Phi) is 5.37. The summed E-state index contributed by atoms with van der Waals surface area (Å²) in [6.45, 7) is 0. The van der Waals surface area contributed by atoms with E-state index in [9.17, 15) is 29.5 Å². The average Bonchev–Trinajstić information content (AvgIpc) is 3.02. The summed E-state index contributed by atoms with van der Waals surface area (Å²) in [6, 6.07) is 3.33. The molecule has 1 saturated heterocycles. The molecule has 4 atom stereocenters. The van der Waals surface area contributed by atoms with Crippen LogP contribution in [-0.4, -0.2) is 45.9 Å². The number of ketones is 2. The van der Waals surface area contributed by atoms with Gasteiger partial charge in [0.05, 0.1) is 27.0 Å². The molecule has 0 saturated carbocycles. The molecule has 2 amide bonds. The number of allylic oxidation sites excluding steroid dienone is 6. The van der Waals surface area contributed by atoms with Gasteiger partial charge in [0.25, 0.3) is 11.8 Å². The molecule has 170 valence electrons. The van der Waals surface area contributed by atoms with E-state index in [4.69, 9.17) is 4.74 Å². The number of hydroxylamine groups is 2.